The Hall–Kier alpha value is -3.56. The lowest BCUT2D eigenvalue weighted by Crippen LogP contribution is -2.54. The average Bonchev–Trinajstić information content (AvgIpc) is 3.20. The molecule has 198 valence electrons. The monoisotopic (exact) mass is 551 g/mol. The maximum Gasteiger partial charge on any atom is 0.451 e. The Bertz CT molecular complexity index is 1400. The van der Waals surface area contributed by atoms with Crippen LogP contribution in [-0.2, 0) is 33.4 Å². The Morgan fingerprint density at radius 3 is 2.14 bits per heavy atom. The van der Waals surface area contributed by atoms with E-state index in [1.165, 1.54) is 0 Å². The molecule has 4 rings (SSSR count). The standard InChI is InChI=1S/C21H16F7N5O3S/c22-12-1-3-14(4-2-12)37(35,36)16-6-5-15(16)31-17(34)7-11-10-33(32-18(11)20(23,24)25)13-8-29-19(30-9-13)21(26,27)28/h1-4,8-10,15-16H,5-7H2,(H,31,34)/t15-,16+/m1/s1. The van der Waals surface area contributed by atoms with Gasteiger partial charge in [0.15, 0.2) is 15.5 Å². The van der Waals surface area contributed by atoms with E-state index in [9.17, 15) is 43.9 Å². The van der Waals surface area contributed by atoms with Crippen molar-refractivity contribution in [1.29, 1.82) is 0 Å². The summed E-state index contributed by atoms with van der Waals surface area (Å²) in [6, 6.07) is 3.22. The first-order valence-electron chi connectivity index (χ1n) is 10.5. The van der Waals surface area contributed by atoms with Crippen molar-refractivity contribution in [3.8, 4) is 5.69 Å². The van der Waals surface area contributed by atoms with Gasteiger partial charge in [-0.15, -0.1) is 0 Å². The fourth-order valence-electron chi connectivity index (χ4n) is 3.73. The van der Waals surface area contributed by atoms with Crippen molar-refractivity contribution in [2.24, 2.45) is 0 Å². The van der Waals surface area contributed by atoms with Crippen LogP contribution in [-0.4, -0.2) is 45.4 Å². The maximum absolute atomic E-state index is 13.5. The van der Waals surface area contributed by atoms with Gasteiger partial charge in [-0.3, -0.25) is 4.79 Å². The second-order valence-electron chi connectivity index (χ2n) is 8.17. The van der Waals surface area contributed by atoms with Gasteiger partial charge in [-0.05, 0) is 37.1 Å². The molecular formula is C21H16F7N5O3S. The van der Waals surface area contributed by atoms with E-state index in [0.717, 1.165) is 30.5 Å². The molecule has 0 bridgehead atoms. The number of amides is 1. The summed E-state index contributed by atoms with van der Waals surface area (Å²) in [6.45, 7) is 0. The molecule has 0 saturated heterocycles. The van der Waals surface area contributed by atoms with E-state index in [1.54, 1.807) is 0 Å². The first kappa shape index (κ1) is 26.5. The van der Waals surface area contributed by atoms with Crippen LogP contribution in [0.3, 0.4) is 0 Å². The number of hydrogen-bond acceptors (Lipinski definition) is 6. The predicted molar refractivity (Wildman–Crippen MR) is 111 cm³/mol. The summed E-state index contributed by atoms with van der Waals surface area (Å²) in [7, 11) is -3.94. The predicted octanol–water partition coefficient (Wildman–Crippen LogP) is 3.50. The minimum atomic E-state index is -5.00. The summed E-state index contributed by atoms with van der Waals surface area (Å²) in [4.78, 5) is 18.5. The number of hydrogen-bond donors (Lipinski definition) is 1. The highest BCUT2D eigenvalue weighted by atomic mass is 32.2. The fourth-order valence-corrected chi connectivity index (χ4v) is 5.68. The number of alkyl halides is 6. The molecule has 1 aliphatic carbocycles. The minimum Gasteiger partial charge on any atom is -0.352 e. The van der Waals surface area contributed by atoms with E-state index in [1.807, 2.05) is 0 Å². The molecule has 1 aromatic carbocycles. The Kier molecular flexibility index (Phi) is 6.73. The number of aromatic nitrogens is 4. The molecule has 0 aliphatic heterocycles. The van der Waals surface area contributed by atoms with Crippen LogP contribution < -0.4 is 5.32 Å². The molecule has 1 N–H and O–H groups in total. The highest BCUT2D eigenvalue weighted by Gasteiger charge is 2.43. The minimum absolute atomic E-state index is 0.155. The van der Waals surface area contributed by atoms with E-state index in [4.69, 9.17) is 0 Å². The number of sulfone groups is 1. The van der Waals surface area contributed by atoms with Crippen LogP contribution in [0.15, 0.2) is 47.8 Å². The van der Waals surface area contributed by atoms with E-state index < -0.39 is 68.7 Å². The van der Waals surface area contributed by atoms with E-state index in [0.29, 0.717) is 17.1 Å². The van der Waals surface area contributed by atoms with Gasteiger partial charge >= 0.3 is 12.4 Å². The third-order valence-electron chi connectivity index (χ3n) is 5.66. The quantitative estimate of drug-likeness (QED) is 0.371. The zero-order valence-electron chi connectivity index (χ0n) is 18.4. The molecule has 2 aromatic heterocycles. The molecule has 1 fully saturated rings. The van der Waals surface area contributed by atoms with E-state index in [-0.39, 0.29) is 23.4 Å². The molecule has 37 heavy (non-hydrogen) atoms. The first-order chi connectivity index (χ1) is 17.2. The highest BCUT2D eigenvalue weighted by Crippen LogP contribution is 2.34. The van der Waals surface area contributed by atoms with Crippen molar-refractivity contribution >= 4 is 15.7 Å². The lowest BCUT2D eigenvalue weighted by atomic mass is 9.92. The van der Waals surface area contributed by atoms with Crippen LogP contribution in [0.2, 0.25) is 0 Å². The van der Waals surface area contributed by atoms with Gasteiger partial charge in [0.05, 0.1) is 29.0 Å². The van der Waals surface area contributed by atoms with Gasteiger partial charge in [0.2, 0.25) is 11.7 Å². The zero-order valence-corrected chi connectivity index (χ0v) is 19.2. The van der Waals surface area contributed by atoms with Crippen molar-refractivity contribution in [2.45, 2.75) is 47.8 Å². The molecule has 8 nitrogen and oxygen atoms in total. The van der Waals surface area contributed by atoms with Crippen LogP contribution in [0.25, 0.3) is 5.69 Å². The maximum atomic E-state index is 13.5. The lowest BCUT2D eigenvalue weighted by molar-refractivity contribution is -0.145. The van der Waals surface area contributed by atoms with Crippen molar-refractivity contribution in [2.75, 3.05) is 0 Å². The molecule has 0 unspecified atom stereocenters. The summed E-state index contributed by atoms with van der Waals surface area (Å²) < 4.78 is 118. The van der Waals surface area contributed by atoms with Gasteiger partial charge in [-0.2, -0.15) is 31.4 Å². The number of nitrogens with one attached hydrogen (secondary N) is 1. The Morgan fingerprint density at radius 1 is 1.00 bits per heavy atom. The number of benzene rings is 1. The molecular weight excluding hydrogens is 535 g/mol. The third-order valence-corrected chi connectivity index (χ3v) is 7.95. The molecule has 0 spiro atoms. The van der Waals surface area contributed by atoms with Crippen LogP contribution in [0.1, 0.15) is 29.9 Å². The molecule has 3 aromatic rings. The smallest absolute Gasteiger partial charge is 0.352 e. The largest absolute Gasteiger partial charge is 0.451 e. The molecule has 0 radical (unpaired) electrons. The number of carbonyl (C=O) groups is 1. The van der Waals surface area contributed by atoms with Gasteiger partial charge in [0.25, 0.3) is 0 Å². The summed E-state index contributed by atoms with van der Waals surface area (Å²) >= 11 is 0. The normalized spacial score (nSPS) is 18.4. The molecule has 2 atom stereocenters. The van der Waals surface area contributed by atoms with Gasteiger partial charge in [-0.1, -0.05) is 0 Å². The second kappa shape index (κ2) is 9.39. The van der Waals surface area contributed by atoms with Gasteiger partial charge in [0, 0.05) is 17.8 Å². The van der Waals surface area contributed by atoms with Crippen LogP contribution >= 0.6 is 0 Å². The van der Waals surface area contributed by atoms with Crippen LogP contribution in [0, 0.1) is 5.82 Å². The zero-order chi connectivity index (χ0) is 27.2. The van der Waals surface area contributed by atoms with Crippen LogP contribution in [0.4, 0.5) is 30.7 Å². The Morgan fingerprint density at radius 2 is 1.62 bits per heavy atom. The summed E-state index contributed by atoms with van der Waals surface area (Å²) in [6.07, 6.45) is -8.18. The van der Waals surface area contributed by atoms with E-state index >= 15 is 0 Å². The Balaban J connectivity index is 1.51. The summed E-state index contributed by atoms with van der Waals surface area (Å²) in [5.74, 6) is -3.05. The van der Waals surface area contributed by atoms with Gasteiger partial charge < -0.3 is 5.32 Å². The van der Waals surface area contributed by atoms with Gasteiger partial charge in [-0.25, -0.2) is 27.5 Å². The molecule has 1 saturated carbocycles. The van der Waals surface area contributed by atoms with E-state index in [2.05, 4.69) is 20.4 Å². The van der Waals surface area contributed by atoms with Crippen molar-refractivity contribution in [3.05, 3.63) is 65.8 Å². The number of carbonyl (C=O) groups excluding carboxylic acids is 1. The molecule has 2 heterocycles. The topological polar surface area (TPSA) is 107 Å². The summed E-state index contributed by atoms with van der Waals surface area (Å²) in [5.41, 5.74) is -2.36. The fraction of sp³-hybridized carbons (Fsp3) is 0.333. The lowest BCUT2D eigenvalue weighted by Gasteiger charge is -2.36. The van der Waals surface area contributed by atoms with Gasteiger partial charge in [0.1, 0.15) is 11.5 Å². The average molecular weight is 551 g/mol. The molecule has 1 amide bonds. The van der Waals surface area contributed by atoms with Crippen molar-refractivity contribution < 1.29 is 43.9 Å². The summed E-state index contributed by atoms with van der Waals surface area (Å²) in [5, 5.41) is 4.70. The SMILES string of the molecule is O=C(Cc1cn(-c2cnc(C(F)(F)F)nc2)nc1C(F)(F)F)N[C@@H]1CC[C@@H]1S(=O)(=O)c1ccc(F)cc1. The third kappa shape index (κ3) is 5.57. The molecule has 16 heteroatoms. The van der Waals surface area contributed by atoms with Crippen molar-refractivity contribution in [1.82, 2.24) is 25.1 Å². The van der Waals surface area contributed by atoms with Crippen molar-refractivity contribution in [3.63, 3.8) is 0 Å². The number of nitrogens with zero attached hydrogens (tertiary/aromatic N) is 4. The first-order valence-corrected chi connectivity index (χ1v) is 12.0. The highest BCUT2D eigenvalue weighted by molar-refractivity contribution is 7.92. The molecule has 1 aliphatic rings. The number of halogens is 7. The second-order valence-corrected chi connectivity index (χ2v) is 10.3. The number of rotatable bonds is 6. The Labute approximate surface area is 204 Å². The van der Waals surface area contributed by atoms with Crippen LogP contribution in [0.5, 0.6) is 0 Å².